The molecule has 2 aromatic carbocycles. The van der Waals surface area contributed by atoms with Gasteiger partial charge in [-0.3, -0.25) is 10.3 Å². The standard InChI is InChI=1S/C23H26FN5O2/c1-2-14-10-21(30)19(24)11-18(14)15-3-4-17(20(25)9-15)22(26)23-27-12-16(28-23)13-29-5-7-31-8-6-29/h3-4,9-12,26,30H,2,5-8,13,25H2,1H3,(H,27,28). The second kappa shape index (κ2) is 8.87. The van der Waals surface area contributed by atoms with Gasteiger partial charge in [0.25, 0.3) is 0 Å². The molecule has 1 fully saturated rings. The molecule has 1 saturated heterocycles. The lowest BCUT2D eigenvalue weighted by atomic mass is 9.95. The van der Waals surface area contributed by atoms with Gasteiger partial charge in [-0.05, 0) is 41.3 Å². The summed E-state index contributed by atoms with van der Waals surface area (Å²) in [6.45, 7) is 5.82. The first-order valence-corrected chi connectivity index (χ1v) is 10.3. The molecule has 5 N–H and O–H groups in total. The number of aromatic hydroxyl groups is 1. The van der Waals surface area contributed by atoms with Crippen molar-refractivity contribution in [3.8, 4) is 16.9 Å². The Morgan fingerprint density at radius 2 is 2.06 bits per heavy atom. The van der Waals surface area contributed by atoms with Gasteiger partial charge in [-0.25, -0.2) is 9.37 Å². The van der Waals surface area contributed by atoms with E-state index in [1.165, 1.54) is 12.1 Å². The predicted octanol–water partition coefficient (Wildman–Crippen LogP) is 3.31. The van der Waals surface area contributed by atoms with Crippen molar-refractivity contribution in [1.29, 1.82) is 5.41 Å². The van der Waals surface area contributed by atoms with Gasteiger partial charge in [0, 0.05) is 37.1 Å². The minimum Gasteiger partial charge on any atom is -0.505 e. The number of imidazole rings is 1. The number of hydrogen-bond donors (Lipinski definition) is 4. The van der Waals surface area contributed by atoms with Crippen LogP contribution in [0, 0.1) is 11.2 Å². The van der Waals surface area contributed by atoms with Crippen LogP contribution in [-0.4, -0.2) is 52.0 Å². The first-order valence-electron chi connectivity index (χ1n) is 10.3. The molecule has 0 amide bonds. The fraction of sp³-hybridized carbons (Fsp3) is 0.304. The smallest absolute Gasteiger partial charge is 0.165 e. The number of H-pyrrole nitrogens is 1. The molecule has 1 aliphatic heterocycles. The average Bonchev–Trinajstić information content (AvgIpc) is 3.24. The monoisotopic (exact) mass is 423 g/mol. The van der Waals surface area contributed by atoms with Gasteiger partial charge >= 0.3 is 0 Å². The summed E-state index contributed by atoms with van der Waals surface area (Å²) in [6.07, 6.45) is 2.45. The third kappa shape index (κ3) is 4.45. The summed E-state index contributed by atoms with van der Waals surface area (Å²) < 4.78 is 19.3. The molecule has 4 rings (SSSR count). The number of nitrogen functional groups attached to an aromatic ring is 1. The van der Waals surface area contributed by atoms with E-state index in [1.807, 2.05) is 19.2 Å². The Bertz CT molecular complexity index is 1110. The summed E-state index contributed by atoms with van der Waals surface area (Å²) in [4.78, 5) is 9.89. The van der Waals surface area contributed by atoms with Gasteiger partial charge in [-0.1, -0.05) is 19.1 Å². The van der Waals surface area contributed by atoms with E-state index < -0.39 is 5.82 Å². The number of phenolic OH excluding ortho intramolecular Hbond substituents is 1. The summed E-state index contributed by atoms with van der Waals surface area (Å²) in [6, 6.07) is 8.05. The average molecular weight is 423 g/mol. The number of phenols is 1. The number of aromatic amines is 1. The highest BCUT2D eigenvalue weighted by molar-refractivity contribution is 6.12. The summed E-state index contributed by atoms with van der Waals surface area (Å²) in [7, 11) is 0. The lowest BCUT2D eigenvalue weighted by molar-refractivity contribution is 0.0337. The van der Waals surface area contributed by atoms with Crippen LogP contribution in [0.15, 0.2) is 36.5 Å². The highest BCUT2D eigenvalue weighted by Crippen LogP contribution is 2.32. The Hall–Kier alpha value is -3.23. The molecular formula is C23H26FN5O2. The van der Waals surface area contributed by atoms with E-state index in [2.05, 4.69) is 14.9 Å². The molecule has 1 aliphatic rings. The lowest BCUT2D eigenvalue weighted by Crippen LogP contribution is -2.35. The van der Waals surface area contributed by atoms with Crippen molar-refractivity contribution in [2.75, 3.05) is 32.0 Å². The summed E-state index contributed by atoms with van der Waals surface area (Å²) in [5.41, 5.74) is 10.5. The molecule has 0 aliphatic carbocycles. The third-order valence-corrected chi connectivity index (χ3v) is 5.54. The van der Waals surface area contributed by atoms with E-state index in [0.717, 1.165) is 43.1 Å². The Balaban J connectivity index is 1.56. The quantitative estimate of drug-likeness (QED) is 0.359. The van der Waals surface area contributed by atoms with E-state index >= 15 is 0 Å². The fourth-order valence-electron chi connectivity index (χ4n) is 3.81. The molecule has 0 radical (unpaired) electrons. The number of aryl methyl sites for hydroxylation is 1. The van der Waals surface area contributed by atoms with E-state index in [-0.39, 0.29) is 11.5 Å². The summed E-state index contributed by atoms with van der Waals surface area (Å²) >= 11 is 0. The number of halogens is 1. The second-order valence-corrected chi connectivity index (χ2v) is 7.62. The maximum absolute atomic E-state index is 13.9. The maximum atomic E-state index is 13.9. The molecule has 0 saturated carbocycles. The van der Waals surface area contributed by atoms with Gasteiger partial charge in [-0.2, -0.15) is 0 Å². The summed E-state index contributed by atoms with van der Waals surface area (Å²) in [5.74, 6) is -0.587. The minimum absolute atomic E-state index is 0.199. The number of anilines is 1. The first-order chi connectivity index (χ1) is 15.0. The predicted molar refractivity (Wildman–Crippen MR) is 118 cm³/mol. The SMILES string of the molecule is CCc1cc(O)c(F)cc1-c1ccc(C(=N)c2nc(CN3CCOCC3)c[nH]2)c(N)c1. The number of nitrogens with one attached hydrogen (secondary N) is 2. The molecule has 0 spiro atoms. The number of benzene rings is 2. The molecule has 31 heavy (non-hydrogen) atoms. The highest BCUT2D eigenvalue weighted by atomic mass is 19.1. The van der Waals surface area contributed by atoms with Crippen LogP contribution in [0.5, 0.6) is 5.75 Å². The molecule has 7 nitrogen and oxygen atoms in total. The summed E-state index contributed by atoms with van der Waals surface area (Å²) in [5, 5.41) is 18.2. The number of morpholine rings is 1. The molecule has 2 heterocycles. The van der Waals surface area contributed by atoms with Gasteiger partial charge in [0.15, 0.2) is 17.4 Å². The van der Waals surface area contributed by atoms with E-state index in [4.69, 9.17) is 15.9 Å². The van der Waals surface area contributed by atoms with Gasteiger partial charge in [0.05, 0.1) is 18.9 Å². The number of rotatable bonds is 6. The van der Waals surface area contributed by atoms with E-state index in [1.54, 1.807) is 12.1 Å². The Morgan fingerprint density at radius 1 is 1.29 bits per heavy atom. The van der Waals surface area contributed by atoms with Crippen LogP contribution in [0.3, 0.4) is 0 Å². The van der Waals surface area contributed by atoms with Crippen molar-refractivity contribution >= 4 is 11.4 Å². The zero-order valence-corrected chi connectivity index (χ0v) is 17.4. The van der Waals surface area contributed by atoms with Crippen molar-refractivity contribution in [3.63, 3.8) is 0 Å². The largest absolute Gasteiger partial charge is 0.505 e. The number of nitrogens with zero attached hydrogens (tertiary/aromatic N) is 2. The minimum atomic E-state index is -0.675. The molecule has 162 valence electrons. The fourth-order valence-corrected chi connectivity index (χ4v) is 3.81. The van der Waals surface area contributed by atoms with Crippen molar-refractivity contribution in [2.45, 2.75) is 19.9 Å². The molecule has 0 bridgehead atoms. The van der Waals surface area contributed by atoms with Crippen molar-refractivity contribution in [3.05, 3.63) is 65.0 Å². The van der Waals surface area contributed by atoms with Gasteiger partial charge in [0.1, 0.15) is 5.71 Å². The molecule has 8 heteroatoms. The number of aromatic nitrogens is 2. The number of hydrogen-bond acceptors (Lipinski definition) is 6. The Labute approximate surface area is 180 Å². The number of ether oxygens (including phenoxy) is 1. The first kappa shape index (κ1) is 21.0. The molecule has 0 unspecified atom stereocenters. The van der Waals surface area contributed by atoms with Gasteiger partial charge < -0.3 is 20.6 Å². The van der Waals surface area contributed by atoms with Crippen LogP contribution < -0.4 is 5.73 Å². The van der Waals surface area contributed by atoms with Crippen LogP contribution >= 0.6 is 0 Å². The Kier molecular flexibility index (Phi) is 6.01. The lowest BCUT2D eigenvalue weighted by Gasteiger charge is -2.25. The second-order valence-electron chi connectivity index (χ2n) is 7.62. The molecular weight excluding hydrogens is 397 g/mol. The van der Waals surface area contributed by atoms with E-state index in [9.17, 15) is 9.50 Å². The van der Waals surface area contributed by atoms with Crippen LogP contribution in [0.4, 0.5) is 10.1 Å². The number of nitrogens with two attached hydrogens (primary N) is 1. The van der Waals surface area contributed by atoms with E-state index in [0.29, 0.717) is 35.6 Å². The highest BCUT2D eigenvalue weighted by Gasteiger charge is 2.17. The van der Waals surface area contributed by atoms with Crippen LogP contribution in [0.1, 0.15) is 29.6 Å². The van der Waals surface area contributed by atoms with Crippen LogP contribution in [0.25, 0.3) is 11.1 Å². The van der Waals surface area contributed by atoms with Gasteiger partial charge in [0.2, 0.25) is 0 Å². The zero-order valence-electron chi connectivity index (χ0n) is 17.4. The van der Waals surface area contributed by atoms with Crippen LogP contribution in [0.2, 0.25) is 0 Å². The van der Waals surface area contributed by atoms with Gasteiger partial charge in [-0.15, -0.1) is 0 Å². The normalized spacial score (nSPS) is 14.6. The third-order valence-electron chi connectivity index (χ3n) is 5.54. The topological polar surface area (TPSA) is 111 Å². The van der Waals surface area contributed by atoms with Crippen molar-refractivity contribution in [2.24, 2.45) is 0 Å². The van der Waals surface area contributed by atoms with Crippen LogP contribution in [-0.2, 0) is 17.7 Å². The molecule has 1 aromatic heterocycles. The van der Waals surface area contributed by atoms with Crippen molar-refractivity contribution < 1.29 is 14.2 Å². The maximum Gasteiger partial charge on any atom is 0.165 e. The zero-order chi connectivity index (χ0) is 22.0. The molecule has 0 atom stereocenters. The Morgan fingerprint density at radius 3 is 2.77 bits per heavy atom. The van der Waals surface area contributed by atoms with Crippen molar-refractivity contribution in [1.82, 2.24) is 14.9 Å². The molecule has 3 aromatic rings.